The molecule has 0 aliphatic rings. The van der Waals surface area contributed by atoms with E-state index in [2.05, 4.69) is 0 Å². The van der Waals surface area contributed by atoms with Crippen LogP contribution in [0.4, 0.5) is 18.9 Å². The number of carbonyl (C=O) groups is 1. The van der Waals surface area contributed by atoms with Crippen LogP contribution in [0.1, 0.15) is 29.8 Å². The average Bonchev–Trinajstić information content (AvgIpc) is 2.28. The van der Waals surface area contributed by atoms with Crippen LogP contribution in [-0.4, -0.2) is 30.1 Å². The number of halogens is 3. The fourth-order valence-corrected chi connectivity index (χ4v) is 1.87. The molecular weight excluding hydrogens is 269 g/mol. The number of carbonyl (C=O) groups excluding carboxylic acids is 1. The van der Waals surface area contributed by atoms with Crippen LogP contribution >= 0.6 is 0 Å². The maximum Gasteiger partial charge on any atom is 0.406 e. The second-order valence-corrected chi connectivity index (χ2v) is 5.27. The van der Waals surface area contributed by atoms with E-state index in [1.54, 1.807) is 20.8 Å². The van der Waals surface area contributed by atoms with Crippen LogP contribution in [0.5, 0.6) is 0 Å². The molecule has 0 radical (unpaired) electrons. The zero-order chi connectivity index (χ0) is 15.5. The average molecular weight is 288 g/mol. The Balaban J connectivity index is 2.99. The van der Waals surface area contributed by atoms with Crippen molar-refractivity contribution in [3.8, 4) is 0 Å². The van der Waals surface area contributed by atoms with Crippen molar-refractivity contribution in [2.75, 3.05) is 18.8 Å². The molecule has 1 aromatic rings. The lowest BCUT2D eigenvalue weighted by Gasteiger charge is -2.26. The molecule has 3 nitrogen and oxygen atoms in total. The predicted molar refractivity (Wildman–Crippen MR) is 72.4 cm³/mol. The van der Waals surface area contributed by atoms with E-state index in [4.69, 9.17) is 5.73 Å². The van der Waals surface area contributed by atoms with Crippen LogP contribution in [0, 0.1) is 12.8 Å². The van der Waals surface area contributed by atoms with Gasteiger partial charge in [-0.3, -0.25) is 4.79 Å². The maximum absolute atomic E-state index is 12.6. The molecule has 0 fully saturated rings. The lowest BCUT2D eigenvalue weighted by atomic mass is 10.1. The molecule has 0 atom stereocenters. The van der Waals surface area contributed by atoms with Gasteiger partial charge in [-0.05, 0) is 36.6 Å². The quantitative estimate of drug-likeness (QED) is 0.865. The Labute approximate surface area is 116 Å². The number of rotatable bonds is 4. The van der Waals surface area contributed by atoms with Gasteiger partial charge >= 0.3 is 6.18 Å². The van der Waals surface area contributed by atoms with Gasteiger partial charge in [0.05, 0.1) is 0 Å². The van der Waals surface area contributed by atoms with Gasteiger partial charge in [0.1, 0.15) is 6.54 Å². The van der Waals surface area contributed by atoms with E-state index >= 15 is 0 Å². The van der Waals surface area contributed by atoms with Crippen molar-refractivity contribution >= 4 is 11.6 Å². The molecule has 1 amide bonds. The number of nitrogens with two attached hydrogens (primary N) is 1. The standard InChI is InChI=1S/C14H19F3N2O/c1-9(2)7-19(8-14(15,16)17)13(20)11-4-5-12(18)10(3)6-11/h4-6,9H,7-8,18H2,1-3H3. The minimum Gasteiger partial charge on any atom is -0.399 e. The first-order chi connectivity index (χ1) is 9.10. The Morgan fingerprint density at radius 2 is 1.95 bits per heavy atom. The first-order valence-electron chi connectivity index (χ1n) is 6.32. The number of alkyl halides is 3. The van der Waals surface area contributed by atoms with E-state index < -0.39 is 18.6 Å². The molecule has 0 saturated carbocycles. The third kappa shape index (κ3) is 4.75. The summed E-state index contributed by atoms with van der Waals surface area (Å²) in [6.07, 6.45) is -4.41. The minimum absolute atomic E-state index is 0.0452. The summed E-state index contributed by atoms with van der Waals surface area (Å²) in [5.41, 5.74) is 7.05. The van der Waals surface area contributed by atoms with Gasteiger partial charge in [0.25, 0.3) is 5.91 Å². The first-order valence-corrected chi connectivity index (χ1v) is 6.32. The van der Waals surface area contributed by atoms with Gasteiger partial charge in [0.15, 0.2) is 0 Å². The van der Waals surface area contributed by atoms with Gasteiger partial charge in [0.2, 0.25) is 0 Å². The topological polar surface area (TPSA) is 46.3 Å². The van der Waals surface area contributed by atoms with Crippen molar-refractivity contribution in [3.63, 3.8) is 0 Å². The van der Waals surface area contributed by atoms with E-state index in [1.807, 2.05) is 0 Å². The van der Waals surface area contributed by atoms with Crippen LogP contribution in [0.25, 0.3) is 0 Å². The van der Waals surface area contributed by atoms with Crippen molar-refractivity contribution in [2.24, 2.45) is 5.92 Å². The van der Waals surface area contributed by atoms with E-state index in [0.717, 1.165) is 4.90 Å². The van der Waals surface area contributed by atoms with Gasteiger partial charge < -0.3 is 10.6 Å². The van der Waals surface area contributed by atoms with Gasteiger partial charge in [-0.15, -0.1) is 0 Å². The fourth-order valence-electron chi connectivity index (χ4n) is 1.87. The van der Waals surface area contributed by atoms with Gasteiger partial charge in [-0.2, -0.15) is 13.2 Å². The molecule has 0 saturated heterocycles. The van der Waals surface area contributed by atoms with Crippen LogP contribution in [-0.2, 0) is 0 Å². The van der Waals surface area contributed by atoms with Gasteiger partial charge in [0, 0.05) is 17.8 Å². The molecule has 0 aliphatic carbocycles. The van der Waals surface area contributed by atoms with Crippen molar-refractivity contribution < 1.29 is 18.0 Å². The Bertz CT molecular complexity index is 484. The van der Waals surface area contributed by atoms with E-state index in [-0.39, 0.29) is 18.0 Å². The highest BCUT2D eigenvalue weighted by Crippen LogP contribution is 2.20. The minimum atomic E-state index is -4.41. The van der Waals surface area contributed by atoms with E-state index in [0.29, 0.717) is 11.3 Å². The maximum atomic E-state index is 12.6. The summed E-state index contributed by atoms with van der Waals surface area (Å²) < 4.78 is 37.7. The summed E-state index contributed by atoms with van der Waals surface area (Å²) in [4.78, 5) is 13.0. The van der Waals surface area contributed by atoms with Gasteiger partial charge in [-0.1, -0.05) is 13.8 Å². The van der Waals surface area contributed by atoms with Crippen LogP contribution < -0.4 is 5.73 Å². The zero-order valence-corrected chi connectivity index (χ0v) is 11.8. The molecule has 0 aliphatic heterocycles. The number of nitrogen functional groups attached to an aromatic ring is 1. The summed E-state index contributed by atoms with van der Waals surface area (Å²) in [7, 11) is 0. The normalized spacial score (nSPS) is 11.8. The third-order valence-electron chi connectivity index (χ3n) is 2.76. The highest BCUT2D eigenvalue weighted by Gasteiger charge is 2.33. The van der Waals surface area contributed by atoms with Crippen LogP contribution in [0.3, 0.4) is 0 Å². The number of hydrogen-bond acceptors (Lipinski definition) is 2. The SMILES string of the molecule is Cc1cc(C(=O)N(CC(C)C)CC(F)(F)F)ccc1N. The molecular formula is C14H19F3N2O. The lowest BCUT2D eigenvalue weighted by Crippen LogP contribution is -2.41. The summed E-state index contributed by atoms with van der Waals surface area (Å²) in [5.74, 6) is -0.671. The van der Waals surface area contributed by atoms with E-state index in [9.17, 15) is 18.0 Å². The lowest BCUT2D eigenvalue weighted by molar-refractivity contribution is -0.141. The Morgan fingerprint density at radius 1 is 1.35 bits per heavy atom. The van der Waals surface area contributed by atoms with Crippen molar-refractivity contribution in [3.05, 3.63) is 29.3 Å². The number of nitrogens with zero attached hydrogens (tertiary/aromatic N) is 1. The predicted octanol–water partition coefficient (Wildman–Crippen LogP) is 3.24. The Morgan fingerprint density at radius 3 is 2.40 bits per heavy atom. The number of anilines is 1. The monoisotopic (exact) mass is 288 g/mol. The smallest absolute Gasteiger partial charge is 0.399 e. The third-order valence-corrected chi connectivity index (χ3v) is 2.76. The molecule has 1 rings (SSSR count). The van der Waals surface area contributed by atoms with Crippen molar-refractivity contribution in [2.45, 2.75) is 26.9 Å². The molecule has 112 valence electrons. The second-order valence-electron chi connectivity index (χ2n) is 5.27. The molecule has 2 N–H and O–H groups in total. The molecule has 0 aromatic heterocycles. The second kappa shape index (κ2) is 6.15. The largest absolute Gasteiger partial charge is 0.406 e. The first kappa shape index (κ1) is 16.3. The summed E-state index contributed by atoms with van der Waals surface area (Å²) >= 11 is 0. The molecule has 0 bridgehead atoms. The number of benzene rings is 1. The summed E-state index contributed by atoms with van der Waals surface area (Å²) in [6.45, 7) is 4.06. The van der Waals surface area contributed by atoms with Crippen LogP contribution in [0.2, 0.25) is 0 Å². The number of aryl methyl sites for hydroxylation is 1. The molecule has 20 heavy (non-hydrogen) atoms. The van der Waals surface area contributed by atoms with E-state index in [1.165, 1.54) is 18.2 Å². The Hall–Kier alpha value is -1.72. The highest BCUT2D eigenvalue weighted by molar-refractivity contribution is 5.95. The molecule has 1 aromatic carbocycles. The van der Waals surface area contributed by atoms with Crippen molar-refractivity contribution in [1.82, 2.24) is 4.90 Å². The number of amides is 1. The highest BCUT2D eigenvalue weighted by atomic mass is 19.4. The van der Waals surface area contributed by atoms with Crippen LogP contribution in [0.15, 0.2) is 18.2 Å². The molecule has 0 heterocycles. The zero-order valence-electron chi connectivity index (χ0n) is 11.8. The summed E-state index contributed by atoms with van der Waals surface area (Å²) in [5, 5.41) is 0. The number of hydrogen-bond donors (Lipinski definition) is 1. The van der Waals surface area contributed by atoms with Gasteiger partial charge in [-0.25, -0.2) is 0 Å². The molecule has 6 heteroatoms. The molecule has 0 spiro atoms. The fraction of sp³-hybridized carbons (Fsp3) is 0.500. The van der Waals surface area contributed by atoms with Crippen molar-refractivity contribution in [1.29, 1.82) is 0 Å². The summed E-state index contributed by atoms with van der Waals surface area (Å²) in [6, 6.07) is 4.50. The molecule has 0 unspecified atom stereocenters. The Kier molecular flexibility index (Phi) is 5.03.